The van der Waals surface area contributed by atoms with E-state index < -0.39 is 6.04 Å². The Morgan fingerprint density at radius 1 is 1.10 bits per heavy atom. The van der Waals surface area contributed by atoms with E-state index in [1.165, 1.54) is 0 Å². The molecule has 0 unspecified atom stereocenters. The molecule has 0 heterocycles. The van der Waals surface area contributed by atoms with Crippen molar-refractivity contribution in [1.29, 1.82) is 0 Å². The first-order chi connectivity index (χ1) is 13.7. The molecule has 0 bridgehead atoms. The zero-order valence-corrected chi connectivity index (χ0v) is 18.8. The molecule has 2 rings (SSSR count). The van der Waals surface area contributed by atoms with Crippen LogP contribution in [0.25, 0.3) is 0 Å². The molecule has 0 aliphatic heterocycles. The topological polar surface area (TPSA) is 49.4 Å². The van der Waals surface area contributed by atoms with E-state index in [-0.39, 0.29) is 24.3 Å². The van der Waals surface area contributed by atoms with Gasteiger partial charge in [0.25, 0.3) is 0 Å². The first-order valence-electron chi connectivity index (χ1n) is 9.80. The Morgan fingerprint density at radius 2 is 1.83 bits per heavy atom. The van der Waals surface area contributed by atoms with Crippen LogP contribution in [0.1, 0.15) is 43.9 Å². The Hall–Kier alpha value is -2.04. The third-order valence-corrected chi connectivity index (χ3v) is 5.55. The van der Waals surface area contributed by atoms with Crippen LogP contribution in [0.15, 0.2) is 42.5 Å². The van der Waals surface area contributed by atoms with Gasteiger partial charge in [-0.3, -0.25) is 9.59 Å². The average Bonchev–Trinajstić information content (AvgIpc) is 2.67. The standard InChI is InChI=1S/C23H28Cl2N2O2/c1-5-16(3)26-23(29)17(4)27(14-18-8-6-7-15(2)11-18)22(28)12-19-9-10-20(24)13-21(19)25/h6-11,13,16-17H,5,12,14H2,1-4H3,(H,26,29)/t16-,17+/m0/s1. The predicted molar refractivity (Wildman–Crippen MR) is 119 cm³/mol. The molecule has 2 amide bonds. The summed E-state index contributed by atoms with van der Waals surface area (Å²) in [6.45, 7) is 8.07. The summed E-state index contributed by atoms with van der Waals surface area (Å²) in [7, 11) is 0. The number of carbonyl (C=O) groups excluding carboxylic acids is 2. The normalized spacial score (nSPS) is 12.9. The maximum atomic E-state index is 13.2. The largest absolute Gasteiger partial charge is 0.352 e. The number of rotatable bonds is 8. The quantitative estimate of drug-likeness (QED) is 0.622. The summed E-state index contributed by atoms with van der Waals surface area (Å²) in [5, 5.41) is 3.93. The highest BCUT2D eigenvalue weighted by molar-refractivity contribution is 6.35. The van der Waals surface area contributed by atoms with Crippen LogP contribution in [-0.2, 0) is 22.6 Å². The lowest BCUT2D eigenvalue weighted by Gasteiger charge is -2.30. The van der Waals surface area contributed by atoms with Gasteiger partial charge in [-0.25, -0.2) is 0 Å². The second-order valence-electron chi connectivity index (χ2n) is 7.42. The zero-order chi connectivity index (χ0) is 21.6. The molecule has 0 aromatic heterocycles. The Kier molecular flexibility index (Phi) is 8.54. The number of benzene rings is 2. The predicted octanol–water partition coefficient (Wildman–Crippen LogP) is 5.18. The molecule has 0 saturated carbocycles. The van der Waals surface area contributed by atoms with E-state index in [1.54, 1.807) is 30.0 Å². The molecule has 2 aromatic carbocycles. The third kappa shape index (κ3) is 6.76. The maximum absolute atomic E-state index is 13.2. The molecule has 4 nitrogen and oxygen atoms in total. The van der Waals surface area contributed by atoms with Crippen molar-refractivity contribution in [3.8, 4) is 0 Å². The van der Waals surface area contributed by atoms with Crippen LogP contribution in [0.5, 0.6) is 0 Å². The van der Waals surface area contributed by atoms with Crippen LogP contribution >= 0.6 is 23.2 Å². The van der Waals surface area contributed by atoms with Crippen molar-refractivity contribution in [2.45, 2.75) is 59.2 Å². The lowest BCUT2D eigenvalue weighted by Crippen LogP contribution is -2.49. The minimum absolute atomic E-state index is 0.0478. The number of aryl methyl sites for hydroxylation is 1. The van der Waals surface area contributed by atoms with Crippen LogP contribution < -0.4 is 5.32 Å². The lowest BCUT2D eigenvalue weighted by atomic mass is 10.1. The van der Waals surface area contributed by atoms with Crippen LogP contribution in [0, 0.1) is 6.92 Å². The summed E-state index contributed by atoms with van der Waals surface area (Å²) in [4.78, 5) is 27.5. The summed E-state index contributed by atoms with van der Waals surface area (Å²) in [6.07, 6.45) is 0.924. The van der Waals surface area contributed by atoms with E-state index in [1.807, 2.05) is 45.0 Å². The van der Waals surface area contributed by atoms with Crippen molar-refractivity contribution in [2.24, 2.45) is 0 Å². The minimum atomic E-state index is -0.608. The van der Waals surface area contributed by atoms with Gasteiger partial charge in [-0.2, -0.15) is 0 Å². The summed E-state index contributed by atoms with van der Waals surface area (Å²) < 4.78 is 0. The third-order valence-electron chi connectivity index (χ3n) is 4.96. The number of hydrogen-bond donors (Lipinski definition) is 1. The molecular formula is C23H28Cl2N2O2. The summed E-state index contributed by atoms with van der Waals surface area (Å²) in [5.74, 6) is -0.329. The number of amides is 2. The SMILES string of the molecule is CC[C@H](C)NC(=O)[C@@H](C)N(Cc1cccc(C)c1)C(=O)Cc1ccc(Cl)cc1Cl. The minimum Gasteiger partial charge on any atom is -0.352 e. The van der Waals surface area contributed by atoms with Gasteiger partial charge in [0.1, 0.15) is 6.04 Å². The molecule has 0 saturated heterocycles. The van der Waals surface area contributed by atoms with E-state index in [0.717, 1.165) is 17.5 Å². The van der Waals surface area contributed by atoms with Crippen LogP contribution in [0.4, 0.5) is 0 Å². The first kappa shape index (κ1) is 23.2. The molecule has 1 N–H and O–H groups in total. The molecule has 156 valence electrons. The molecule has 6 heteroatoms. The van der Waals surface area contributed by atoms with Gasteiger partial charge in [-0.1, -0.05) is 66.0 Å². The number of hydrogen-bond acceptors (Lipinski definition) is 2. The molecule has 0 radical (unpaired) electrons. The molecule has 0 aliphatic rings. The van der Waals surface area contributed by atoms with Gasteiger partial charge < -0.3 is 10.2 Å². The summed E-state index contributed by atoms with van der Waals surface area (Å²) >= 11 is 12.2. The smallest absolute Gasteiger partial charge is 0.242 e. The Balaban J connectivity index is 2.26. The molecule has 0 fully saturated rings. The molecule has 29 heavy (non-hydrogen) atoms. The molecule has 0 aliphatic carbocycles. The zero-order valence-electron chi connectivity index (χ0n) is 17.3. The van der Waals surface area contributed by atoms with Crippen molar-refractivity contribution in [2.75, 3.05) is 0 Å². The van der Waals surface area contributed by atoms with Gasteiger partial charge in [0.15, 0.2) is 0 Å². The van der Waals surface area contributed by atoms with Crippen LogP contribution in [0.3, 0.4) is 0 Å². The van der Waals surface area contributed by atoms with E-state index in [9.17, 15) is 9.59 Å². The van der Waals surface area contributed by atoms with E-state index >= 15 is 0 Å². The molecule has 2 aromatic rings. The second-order valence-corrected chi connectivity index (χ2v) is 8.26. The van der Waals surface area contributed by atoms with E-state index in [4.69, 9.17) is 23.2 Å². The Bertz CT molecular complexity index is 870. The fourth-order valence-corrected chi connectivity index (χ4v) is 3.46. The maximum Gasteiger partial charge on any atom is 0.242 e. The van der Waals surface area contributed by atoms with Crippen molar-refractivity contribution >= 4 is 35.0 Å². The fourth-order valence-electron chi connectivity index (χ4n) is 2.98. The number of carbonyl (C=O) groups is 2. The van der Waals surface area contributed by atoms with Gasteiger partial charge in [0.05, 0.1) is 6.42 Å². The van der Waals surface area contributed by atoms with Crippen LogP contribution in [0.2, 0.25) is 10.0 Å². The van der Waals surface area contributed by atoms with Crippen molar-refractivity contribution in [3.63, 3.8) is 0 Å². The molecule has 2 atom stereocenters. The van der Waals surface area contributed by atoms with Gasteiger partial charge in [0, 0.05) is 22.6 Å². The fraction of sp³-hybridized carbons (Fsp3) is 0.391. The van der Waals surface area contributed by atoms with Crippen molar-refractivity contribution in [1.82, 2.24) is 10.2 Å². The van der Waals surface area contributed by atoms with Gasteiger partial charge in [-0.15, -0.1) is 0 Å². The number of nitrogens with one attached hydrogen (secondary N) is 1. The van der Waals surface area contributed by atoms with E-state index in [2.05, 4.69) is 5.32 Å². The average molecular weight is 435 g/mol. The number of halogens is 2. The van der Waals surface area contributed by atoms with Crippen LogP contribution in [-0.4, -0.2) is 28.8 Å². The summed E-state index contributed by atoms with van der Waals surface area (Å²) in [5.41, 5.74) is 2.76. The van der Waals surface area contributed by atoms with E-state index in [0.29, 0.717) is 22.2 Å². The van der Waals surface area contributed by atoms with Gasteiger partial charge in [-0.05, 0) is 50.5 Å². The van der Waals surface area contributed by atoms with Crippen molar-refractivity contribution in [3.05, 3.63) is 69.2 Å². The first-order valence-corrected chi connectivity index (χ1v) is 10.6. The molecule has 0 spiro atoms. The second kappa shape index (κ2) is 10.7. The lowest BCUT2D eigenvalue weighted by molar-refractivity contribution is -0.140. The highest BCUT2D eigenvalue weighted by atomic mass is 35.5. The van der Waals surface area contributed by atoms with Crippen molar-refractivity contribution < 1.29 is 9.59 Å². The Morgan fingerprint density at radius 3 is 2.45 bits per heavy atom. The monoisotopic (exact) mass is 434 g/mol. The summed E-state index contributed by atoms with van der Waals surface area (Å²) in [6, 6.07) is 12.5. The van der Waals surface area contributed by atoms with Gasteiger partial charge in [0.2, 0.25) is 11.8 Å². The Labute approximate surface area is 183 Å². The highest BCUT2D eigenvalue weighted by Crippen LogP contribution is 2.23. The highest BCUT2D eigenvalue weighted by Gasteiger charge is 2.27. The molecular weight excluding hydrogens is 407 g/mol. The number of nitrogens with zero attached hydrogens (tertiary/aromatic N) is 1. The van der Waals surface area contributed by atoms with Gasteiger partial charge >= 0.3 is 0 Å².